The number of ether oxygens (including phenoxy) is 1. The molecule has 1 aliphatic heterocycles. The van der Waals surface area contributed by atoms with Crippen molar-refractivity contribution in [3.63, 3.8) is 0 Å². The first-order chi connectivity index (χ1) is 9.99. The van der Waals surface area contributed by atoms with Crippen LogP contribution in [0.5, 0.6) is 0 Å². The van der Waals surface area contributed by atoms with Crippen LogP contribution in [0.1, 0.15) is 13.8 Å². The Bertz CT molecular complexity index is 502. The Hall–Kier alpha value is -1.82. The summed E-state index contributed by atoms with van der Waals surface area (Å²) in [4.78, 5) is 14.4. The van der Waals surface area contributed by atoms with Crippen LogP contribution >= 0.6 is 0 Å². The Labute approximate surface area is 123 Å². The predicted molar refractivity (Wildman–Crippen MR) is 79.6 cm³/mol. The highest BCUT2D eigenvalue weighted by Crippen LogP contribution is 2.26. The third-order valence-electron chi connectivity index (χ3n) is 3.37. The second-order valence-corrected chi connectivity index (χ2v) is 5.52. The molecule has 1 aromatic carbocycles. The van der Waals surface area contributed by atoms with Gasteiger partial charge in [-0.15, -0.1) is 0 Å². The van der Waals surface area contributed by atoms with E-state index in [-0.39, 0.29) is 5.92 Å². The maximum Gasteiger partial charge on any atom is 0.411 e. The minimum Gasteiger partial charge on any atom is -0.465 e. The summed E-state index contributed by atoms with van der Waals surface area (Å²) < 4.78 is 19.5. The minimum atomic E-state index is -1.07. The van der Waals surface area contributed by atoms with Gasteiger partial charge in [-0.3, -0.25) is 4.90 Å². The highest BCUT2D eigenvalue weighted by atomic mass is 19.1. The molecule has 6 heteroatoms. The molecule has 0 aliphatic carbocycles. The zero-order valence-corrected chi connectivity index (χ0v) is 12.4. The van der Waals surface area contributed by atoms with Crippen molar-refractivity contribution in [2.24, 2.45) is 5.92 Å². The number of hydrogen-bond acceptors (Lipinski definition) is 3. The monoisotopic (exact) mass is 296 g/mol. The number of benzene rings is 1. The van der Waals surface area contributed by atoms with E-state index in [2.05, 4.69) is 0 Å². The summed E-state index contributed by atoms with van der Waals surface area (Å²) in [6.07, 6.45) is -1.07. The van der Waals surface area contributed by atoms with E-state index in [0.29, 0.717) is 44.2 Å². The molecule has 1 amide bonds. The first kappa shape index (κ1) is 15.6. The first-order valence-corrected chi connectivity index (χ1v) is 7.11. The summed E-state index contributed by atoms with van der Waals surface area (Å²) >= 11 is 0. The Morgan fingerprint density at radius 2 is 2.10 bits per heavy atom. The molecule has 1 saturated heterocycles. The van der Waals surface area contributed by atoms with Crippen LogP contribution in [0, 0.1) is 11.7 Å². The molecule has 0 radical (unpaired) electrons. The molecular weight excluding hydrogens is 275 g/mol. The molecule has 1 heterocycles. The molecular formula is C15H21FN2O3. The molecule has 0 spiro atoms. The smallest absolute Gasteiger partial charge is 0.411 e. The molecule has 1 aliphatic rings. The van der Waals surface area contributed by atoms with Gasteiger partial charge in [0.15, 0.2) is 0 Å². The average molecular weight is 296 g/mol. The minimum absolute atomic E-state index is 0.170. The lowest BCUT2D eigenvalue weighted by Gasteiger charge is -2.30. The number of halogens is 1. The first-order valence-electron chi connectivity index (χ1n) is 7.11. The fourth-order valence-corrected chi connectivity index (χ4v) is 2.38. The van der Waals surface area contributed by atoms with Gasteiger partial charge in [-0.05, 0) is 24.1 Å². The summed E-state index contributed by atoms with van der Waals surface area (Å²) in [6.45, 7) is 6.63. The molecule has 2 rings (SSSR count). The van der Waals surface area contributed by atoms with Gasteiger partial charge in [0.2, 0.25) is 0 Å². The van der Waals surface area contributed by atoms with Crippen LogP contribution in [0.4, 0.5) is 20.6 Å². The molecule has 1 fully saturated rings. The lowest BCUT2D eigenvalue weighted by molar-refractivity contribution is 0.122. The van der Waals surface area contributed by atoms with E-state index in [4.69, 9.17) is 4.74 Å². The maximum atomic E-state index is 14.3. The number of anilines is 2. The fraction of sp³-hybridized carbons (Fsp3) is 0.533. The number of hydrogen-bond donors (Lipinski definition) is 1. The van der Waals surface area contributed by atoms with Crippen LogP contribution < -0.4 is 9.80 Å². The molecule has 1 aromatic rings. The van der Waals surface area contributed by atoms with Crippen molar-refractivity contribution in [1.82, 2.24) is 0 Å². The van der Waals surface area contributed by atoms with Crippen molar-refractivity contribution in [3.05, 3.63) is 24.0 Å². The van der Waals surface area contributed by atoms with Crippen molar-refractivity contribution in [1.29, 1.82) is 0 Å². The van der Waals surface area contributed by atoms with Crippen molar-refractivity contribution in [2.75, 3.05) is 42.6 Å². The van der Waals surface area contributed by atoms with Gasteiger partial charge < -0.3 is 14.7 Å². The topological polar surface area (TPSA) is 53.0 Å². The van der Waals surface area contributed by atoms with E-state index in [1.807, 2.05) is 18.7 Å². The number of amides is 1. The van der Waals surface area contributed by atoms with E-state index in [0.717, 1.165) is 0 Å². The molecule has 1 N–H and O–H groups in total. The van der Waals surface area contributed by atoms with Crippen LogP contribution in [0.25, 0.3) is 0 Å². The molecule has 0 bridgehead atoms. The molecule has 0 aromatic heterocycles. The maximum absolute atomic E-state index is 14.3. The van der Waals surface area contributed by atoms with Gasteiger partial charge in [0.25, 0.3) is 0 Å². The Balaban J connectivity index is 2.22. The van der Waals surface area contributed by atoms with Gasteiger partial charge in [0, 0.05) is 19.6 Å². The second-order valence-electron chi connectivity index (χ2n) is 5.52. The van der Waals surface area contributed by atoms with Crippen molar-refractivity contribution in [3.8, 4) is 0 Å². The number of carbonyl (C=O) groups is 1. The van der Waals surface area contributed by atoms with Crippen molar-refractivity contribution < 1.29 is 19.0 Å². The fourth-order valence-electron chi connectivity index (χ4n) is 2.38. The van der Waals surface area contributed by atoms with E-state index in [9.17, 15) is 14.3 Å². The summed E-state index contributed by atoms with van der Waals surface area (Å²) in [6, 6.07) is 4.60. The van der Waals surface area contributed by atoms with Crippen molar-refractivity contribution >= 4 is 17.5 Å². The summed E-state index contributed by atoms with van der Waals surface area (Å²) in [5.41, 5.74) is 0.864. The Kier molecular flexibility index (Phi) is 5.01. The van der Waals surface area contributed by atoms with Crippen LogP contribution in [0.15, 0.2) is 18.2 Å². The van der Waals surface area contributed by atoms with E-state index in [1.165, 1.54) is 11.0 Å². The summed E-state index contributed by atoms with van der Waals surface area (Å²) in [5.74, 6) is -0.229. The predicted octanol–water partition coefficient (Wildman–Crippen LogP) is 2.80. The highest BCUT2D eigenvalue weighted by molar-refractivity contribution is 5.86. The van der Waals surface area contributed by atoms with Crippen LogP contribution in [-0.4, -0.2) is 44.0 Å². The Morgan fingerprint density at radius 1 is 1.43 bits per heavy atom. The van der Waals surface area contributed by atoms with Gasteiger partial charge in [0.05, 0.1) is 24.6 Å². The normalized spacial score (nSPS) is 15.3. The van der Waals surface area contributed by atoms with Gasteiger partial charge >= 0.3 is 6.09 Å². The average Bonchev–Trinajstić information content (AvgIpc) is 2.45. The number of rotatable bonds is 4. The molecule has 5 nitrogen and oxygen atoms in total. The number of morpholine rings is 1. The van der Waals surface area contributed by atoms with Gasteiger partial charge in [-0.1, -0.05) is 13.8 Å². The zero-order chi connectivity index (χ0) is 15.4. The lowest BCUT2D eigenvalue weighted by atomic mass is 10.1. The van der Waals surface area contributed by atoms with Gasteiger partial charge in [-0.2, -0.15) is 0 Å². The molecule has 21 heavy (non-hydrogen) atoms. The lowest BCUT2D eigenvalue weighted by Crippen LogP contribution is -2.37. The van der Waals surface area contributed by atoms with Crippen LogP contribution in [0.3, 0.4) is 0 Å². The zero-order valence-electron chi connectivity index (χ0n) is 12.4. The van der Waals surface area contributed by atoms with Gasteiger partial charge in [0.1, 0.15) is 5.82 Å². The third-order valence-corrected chi connectivity index (χ3v) is 3.37. The number of nitrogens with zero attached hydrogens (tertiary/aromatic N) is 2. The second kappa shape index (κ2) is 6.76. The van der Waals surface area contributed by atoms with Crippen molar-refractivity contribution in [2.45, 2.75) is 13.8 Å². The van der Waals surface area contributed by atoms with Gasteiger partial charge in [-0.25, -0.2) is 9.18 Å². The molecule has 116 valence electrons. The van der Waals surface area contributed by atoms with E-state index >= 15 is 0 Å². The number of carboxylic acid groups (broad SMARTS) is 1. The third kappa shape index (κ3) is 3.85. The summed E-state index contributed by atoms with van der Waals surface area (Å²) in [5, 5.41) is 9.26. The van der Waals surface area contributed by atoms with Crippen LogP contribution in [-0.2, 0) is 4.74 Å². The highest BCUT2D eigenvalue weighted by Gasteiger charge is 2.20. The standard InChI is InChI=1S/C15H21FN2O3/c1-11(2)10-18(15(19)20)12-3-4-14(13(16)9-12)17-5-7-21-8-6-17/h3-4,9,11H,5-8,10H2,1-2H3,(H,19,20). The van der Waals surface area contributed by atoms with E-state index in [1.54, 1.807) is 12.1 Å². The SMILES string of the molecule is CC(C)CN(C(=O)O)c1ccc(N2CCOCC2)c(F)c1. The molecule has 0 atom stereocenters. The molecule has 0 unspecified atom stereocenters. The Morgan fingerprint density at radius 3 is 2.62 bits per heavy atom. The van der Waals surface area contributed by atoms with E-state index < -0.39 is 11.9 Å². The largest absolute Gasteiger partial charge is 0.465 e. The van der Waals surface area contributed by atoms with Crippen LogP contribution in [0.2, 0.25) is 0 Å². The summed E-state index contributed by atoms with van der Waals surface area (Å²) in [7, 11) is 0. The quantitative estimate of drug-likeness (QED) is 0.928. The molecule has 0 saturated carbocycles.